The maximum absolute atomic E-state index is 12.0. The maximum Gasteiger partial charge on any atom is 0.338 e. The smallest absolute Gasteiger partial charge is 0.338 e. The van der Waals surface area contributed by atoms with E-state index in [4.69, 9.17) is 18.9 Å². The summed E-state index contributed by atoms with van der Waals surface area (Å²) >= 11 is 0. The largest absolute Gasteiger partial charge is 0.493 e. The normalized spacial score (nSPS) is 14.8. The summed E-state index contributed by atoms with van der Waals surface area (Å²) < 4.78 is 20.9. The predicted molar refractivity (Wildman–Crippen MR) is 84.3 cm³/mol. The number of carbonyl (C=O) groups excluding carboxylic acids is 1. The Morgan fingerprint density at radius 2 is 1.86 bits per heavy atom. The molecular weight excluding hydrogens is 310 g/mol. The summed E-state index contributed by atoms with van der Waals surface area (Å²) in [4.78, 5) is 14.2. The van der Waals surface area contributed by atoms with Gasteiger partial charge in [-0.15, -0.1) is 12.4 Å². The van der Waals surface area contributed by atoms with E-state index in [9.17, 15) is 4.79 Å². The van der Waals surface area contributed by atoms with E-state index in [1.165, 1.54) is 7.11 Å². The van der Waals surface area contributed by atoms with Gasteiger partial charge in [0.25, 0.3) is 0 Å². The van der Waals surface area contributed by atoms with Crippen LogP contribution in [0.1, 0.15) is 10.4 Å². The maximum atomic E-state index is 12.0. The molecule has 0 atom stereocenters. The average molecular weight is 332 g/mol. The molecule has 22 heavy (non-hydrogen) atoms. The standard InChI is InChI=1S/C15H21NO5.ClH/c1-18-13-4-3-12(11-14(13)19-2)15(17)21-10-7-16-5-8-20-9-6-16;/h3-4,11H,5-10H2,1-2H3;1H. The molecule has 0 saturated carbocycles. The van der Waals surface area contributed by atoms with Crippen molar-refractivity contribution in [3.63, 3.8) is 0 Å². The minimum atomic E-state index is -0.357. The van der Waals surface area contributed by atoms with Crippen LogP contribution in [-0.2, 0) is 9.47 Å². The summed E-state index contributed by atoms with van der Waals surface area (Å²) in [6, 6.07) is 4.98. The number of ether oxygens (including phenoxy) is 4. The Balaban J connectivity index is 0.00000242. The van der Waals surface area contributed by atoms with Crippen molar-refractivity contribution in [2.75, 3.05) is 53.7 Å². The molecule has 0 N–H and O–H groups in total. The Bertz CT molecular complexity index is 477. The third kappa shape index (κ3) is 5.05. The van der Waals surface area contributed by atoms with Gasteiger partial charge in [-0.3, -0.25) is 4.90 Å². The number of benzene rings is 1. The zero-order valence-corrected chi connectivity index (χ0v) is 13.7. The molecule has 1 aliphatic rings. The quantitative estimate of drug-likeness (QED) is 0.738. The van der Waals surface area contributed by atoms with Gasteiger partial charge in [-0.2, -0.15) is 0 Å². The number of methoxy groups -OCH3 is 2. The van der Waals surface area contributed by atoms with Crippen molar-refractivity contribution < 1.29 is 23.7 Å². The molecule has 0 aromatic heterocycles. The van der Waals surface area contributed by atoms with E-state index in [1.807, 2.05) is 0 Å². The molecule has 1 aromatic carbocycles. The van der Waals surface area contributed by atoms with Crippen LogP contribution in [0.4, 0.5) is 0 Å². The second-order valence-electron chi connectivity index (χ2n) is 4.66. The first kappa shape index (κ1) is 18.5. The lowest BCUT2D eigenvalue weighted by Crippen LogP contribution is -2.38. The van der Waals surface area contributed by atoms with Gasteiger partial charge >= 0.3 is 5.97 Å². The van der Waals surface area contributed by atoms with Gasteiger partial charge in [0.1, 0.15) is 6.61 Å². The minimum Gasteiger partial charge on any atom is -0.493 e. The first-order valence-electron chi connectivity index (χ1n) is 6.94. The molecule has 2 rings (SSSR count). The van der Waals surface area contributed by atoms with Gasteiger partial charge < -0.3 is 18.9 Å². The third-order valence-electron chi connectivity index (χ3n) is 3.36. The Morgan fingerprint density at radius 1 is 1.18 bits per heavy atom. The van der Waals surface area contributed by atoms with Crippen molar-refractivity contribution in [3.05, 3.63) is 23.8 Å². The molecule has 0 radical (unpaired) electrons. The number of carbonyl (C=O) groups is 1. The van der Waals surface area contributed by atoms with Gasteiger partial charge in [-0.05, 0) is 18.2 Å². The molecular formula is C15H22ClNO5. The van der Waals surface area contributed by atoms with Gasteiger partial charge in [0.2, 0.25) is 0 Å². The van der Waals surface area contributed by atoms with Crippen LogP contribution in [0.3, 0.4) is 0 Å². The lowest BCUT2D eigenvalue weighted by molar-refractivity contribution is 0.0195. The molecule has 0 spiro atoms. The highest BCUT2D eigenvalue weighted by molar-refractivity contribution is 5.90. The molecule has 0 amide bonds. The van der Waals surface area contributed by atoms with E-state index in [-0.39, 0.29) is 18.4 Å². The van der Waals surface area contributed by atoms with Gasteiger partial charge in [-0.25, -0.2) is 4.79 Å². The van der Waals surface area contributed by atoms with Gasteiger partial charge in [0, 0.05) is 19.6 Å². The summed E-state index contributed by atoms with van der Waals surface area (Å²) in [5, 5.41) is 0. The Kier molecular flexibility index (Phi) is 8.01. The van der Waals surface area contributed by atoms with Crippen LogP contribution in [-0.4, -0.2) is 64.5 Å². The van der Waals surface area contributed by atoms with Gasteiger partial charge in [0.15, 0.2) is 11.5 Å². The number of hydrogen-bond acceptors (Lipinski definition) is 6. The first-order valence-corrected chi connectivity index (χ1v) is 6.94. The Hall–Kier alpha value is -1.50. The zero-order chi connectivity index (χ0) is 15.1. The van der Waals surface area contributed by atoms with Crippen molar-refractivity contribution in [2.45, 2.75) is 0 Å². The van der Waals surface area contributed by atoms with E-state index in [0.717, 1.165) is 32.8 Å². The molecule has 0 aliphatic carbocycles. The number of rotatable bonds is 6. The fourth-order valence-electron chi connectivity index (χ4n) is 2.14. The van der Waals surface area contributed by atoms with E-state index in [2.05, 4.69) is 4.90 Å². The van der Waals surface area contributed by atoms with Crippen LogP contribution < -0.4 is 9.47 Å². The highest BCUT2D eigenvalue weighted by Gasteiger charge is 2.14. The summed E-state index contributed by atoms with van der Waals surface area (Å²) in [7, 11) is 3.09. The van der Waals surface area contributed by atoms with E-state index < -0.39 is 0 Å². The van der Waals surface area contributed by atoms with Crippen LogP contribution in [0, 0.1) is 0 Å². The third-order valence-corrected chi connectivity index (χ3v) is 3.36. The molecule has 1 fully saturated rings. The second-order valence-corrected chi connectivity index (χ2v) is 4.66. The zero-order valence-electron chi connectivity index (χ0n) is 12.9. The first-order chi connectivity index (χ1) is 10.2. The van der Waals surface area contributed by atoms with Crippen molar-refractivity contribution in [1.29, 1.82) is 0 Å². The number of halogens is 1. The summed E-state index contributed by atoms with van der Waals surface area (Å²) in [6.45, 7) is 4.34. The number of esters is 1. The molecule has 6 nitrogen and oxygen atoms in total. The lowest BCUT2D eigenvalue weighted by atomic mass is 10.2. The highest BCUT2D eigenvalue weighted by atomic mass is 35.5. The van der Waals surface area contributed by atoms with Crippen LogP contribution >= 0.6 is 12.4 Å². The molecule has 124 valence electrons. The van der Waals surface area contributed by atoms with Crippen LogP contribution in [0.25, 0.3) is 0 Å². The van der Waals surface area contributed by atoms with Crippen molar-refractivity contribution in [2.24, 2.45) is 0 Å². The fraction of sp³-hybridized carbons (Fsp3) is 0.533. The van der Waals surface area contributed by atoms with Gasteiger partial charge in [-0.1, -0.05) is 0 Å². The highest BCUT2D eigenvalue weighted by Crippen LogP contribution is 2.27. The summed E-state index contributed by atoms with van der Waals surface area (Å²) in [5.74, 6) is 0.742. The monoisotopic (exact) mass is 331 g/mol. The minimum absolute atomic E-state index is 0. The van der Waals surface area contributed by atoms with Crippen LogP contribution in [0.2, 0.25) is 0 Å². The molecule has 1 aliphatic heterocycles. The molecule has 1 aromatic rings. The van der Waals surface area contributed by atoms with Crippen molar-refractivity contribution >= 4 is 18.4 Å². The Labute approximate surface area is 136 Å². The van der Waals surface area contributed by atoms with E-state index >= 15 is 0 Å². The van der Waals surface area contributed by atoms with Crippen molar-refractivity contribution in [3.8, 4) is 11.5 Å². The topological polar surface area (TPSA) is 57.2 Å². The van der Waals surface area contributed by atoms with Crippen LogP contribution in [0.5, 0.6) is 11.5 Å². The SMILES string of the molecule is COc1ccc(C(=O)OCCN2CCOCC2)cc1OC.Cl. The predicted octanol–water partition coefficient (Wildman–Crippen LogP) is 1.61. The molecule has 0 bridgehead atoms. The summed E-state index contributed by atoms with van der Waals surface area (Å²) in [6.07, 6.45) is 0. The molecule has 0 unspecified atom stereocenters. The van der Waals surface area contributed by atoms with Gasteiger partial charge in [0.05, 0.1) is 33.0 Å². The van der Waals surface area contributed by atoms with Crippen molar-refractivity contribution in [1.82, 2.24) is 4.90 Å². The molecule has 1 saturated heterocycles. The summed E-state index contributed by atoms with van der Waals surface area (Å²) in [5.41, 5.74) is 0.453. The number of hydrogen-bond donors (Lipinski definition) is 0. The number of morpholine rings is 1. The van der Waals surface area contributed by atoms with E-state index in [1.54, 1.807) is 25.3 Å². The molecule has 7 heteroatoms. The van der Waals surface area contributed by atoms with E-state index in [0.29, 0.717) is 23.7 Å². The second kappa shape index (κ2) is 9.50. The Morgan fingerprint density at radius 3 is 2.50 bits per heavy atom. The lowest BCUT2D eigenvalue weighted by Gasteiger charge is -2.26. The average Bonchev–Trinajstić information content (AvgIpc) is 2.55. The van der Waals surface area contributed by atoms with Crippen LogP contribution in [0.15, 0.2) is 18.2 Å². The fourth-order valence-corrected chi connectivity index (χ4v) is 2.14. The molecule has 1 heterocycles. The number of nitrogens with zero attached hydrogens (tertiary/aromatic N) is 1.